The lowest BCUT2D eigenvalue weighted by Crippen LogP contribution is -2.41. The van der Waals surface area contributed by atoms with E-state index < -0.39 is 0 Å². The zero-order valence-corrected chi connectivity index (χ0v) is 12.2. The number of nitrogens with one attached hydrogen (secondary N) is 2. The molecule has 0 atom stereocenters. The third-order valence-electron chi connectivity index (χ3n) is 2.37. The van der Waals surface area contributed by atoms with Crippen molar-refractivity contribution >= 4 is 23.2 Å². The van der Waals surface area contributed by atoms with Crippen molar-refractivity contribution in [3.8, 4) is 0 Å². The Hall–Kier alpha value is -1.22. The fourth-order valence-electron chi connectivity index (χ4n) is 1.62. The first kappa shape index (κ1) is 14.8. The predicted molar refractivity (Wildman–Crippen MR) is 77.2 cm³/mol. The van der Waals surface area contributed by atoms with E-state index >= 15 is 0 Å². The molecule has 2 N–H and O–H groups in total. The van der Waals surface area contributed by atoms with Gasteiger partial charge in [0.2, 0.25) is 5.91 Å². The van der Waals surface area contributed by atoms with Crippen molar-refractivity contribution in [3.63, 3.8) is 0 Å². The van der Waals surface area contributed by atoms with Gasteiger partial charge in [-0.1, -0.05) is 11.6 Å². The number of anilines is 1. The summed E-state index contributed by atoms with van der Waals surface area (Å²) >= 11 is 5.88. The number of carbonyl (C=O) groups is 1. The largest absolute Gasteiger partial charge is 0.384 e. The average Bonchev–Trinajstić information content (AvgIpc) is 2.18. The number of hydrogen-bond donors (Lipinski definition) is 2. The van der Waals surface area contributed by atoms with Crippen LogP contribution in [0.2, 0.25) is 5.02 Å². The zero-order chi connectivity index (χ0) is 13.8. The molecule has 0 aromatic heterocycles. The Morgan fingerprint density at radius 2 is 2.00 bits per heavy atom. The molecule has 0 aliphatic rings. The number of rotatable bonds is 4. The van der Waals surface area contributed by atoms with Crippen molar-refractivity contribution in [2.45, 2.75) is 39.7 Å². The van der Waals surface area contributed by atoms with Crippen LogP contribution in [0.4, 0.5) is 5.69 Å². The summed E-state index contributed by atoms with van der Waals surface area (Å²) in [5.41, 5.74) is 1.93. The Labute approximate surface area is 114 Å². The number of hydrogen-bond acceptors (Lipinski definition) is 2. The molecule has 0 bridgehead atoms. The normalized spacial score (nSPS) is 11.2. The van der Waals surface area contributed by atoms with Crippen molar-refractivity contribution < 1.29 is 4.79 Å². The van der Waals surface area contributed by atoms with E-state index in [2.05, 4.69) is 10.6 Å². The SMILES string of the molecule is Cc1cc(Cl)ccc1NCCC(=O)NC(C)(C)C. The second kappa shape index (κ2) is 6.10. The van der Waals surface area contributed by atoms with Crippen LogP contribution in [0.5, 0.6) is 0 Å². The molecular formula is C14H21ClN2O. The van der Waals surface area contributed by atoms with Crippen molar-refractivity contribution in [1.82, 2.24) is 5.32 Å². The minimum absolute atomic E-state index is 0.0571. The maximum atomic E-state index is 11.6. The van der Waals surface area contributed by atoms with Gasteiger partial charge in [-0.2, -0.15) is 0 Å². The van der Waals surface area contributed by atoms with Gasteiger partial charge in [0.05, 0.1) is 0 Å². The lowest BCUT2D eigenvalue weighted by Gasteiger charge is -2.20. The van der Waals surface area contributed by atoms with E-state index in [-0.39, 0.29) is 11.4 Å². The number of benzene rings is 1. The molecule has 0 fully saturated rings. The molecule has 0 heterocycles. The first-order chi connectivity index (χ1) is 8.28. The third-order valence-corrected chi connectivity index (χ3v) is 2.61. The smallest absolute Gasteiger partial charge is 0.222 e. The van der Waals surface area contributed by atoms with Crippen molar-refractivity contribution in [3.05, 3.63) is 28.8 Å². The van der Waals surface area contributed by atoms with Crippen LogP contribution in [-0.4, -0.2) is 18.0 Å². The minimum Gasteiger partial charge on any atom is -0.384 e. The lowest BCUT2D eigenvalue weighted by atomic mass is 10.1. The highest BCUT2D eigenvalue weighted by molar-refractivity contribution is 6.30. The fourth-order valence-corrected chi connectivity index (χ4v) is 1.84. The molecule has 3 nitrogen and oxygen atoms in total. The summed E-state index contributed by atoms with van der Waals surface area (Å²) in [4.78, 5) is 11.6. The quantitative estimate of drug-likeness (QED) is 0.879. The van der Waals surface area contributed by atoms with E-state index in [0.29, 0.717) is 13.0 Å². The second-order valence-corrected chi connectivity index (χ2v) is 5.87. The van der Waals surface area contributed by atoms with Crippen molar-refractivity contribution in [1.29, 1.82) is 0 Å². The topological polar surface area (TPSA) is 41.1 Å². The molecule has 18 heavy (non-hydrogen) atoms. The van der Waals surface area contributed by atoms with Gasteiger partial charge in [-0.25, -0.2) is 0 Å². The van der Waals surface area contributed by atoms with Crippen LogP contribution >= 0.6 is 11.6 Å². The number of aryl methyl sites for hydroxylation is 1. The van der Waals surface area contributed by atoms with E-state index in [4.69, 9.17) is 11.6 Å². The van der Waals surface area contributed by atoms with Gasteiger partial charge < -0.3 is 10.6 Å². The summed E-state index contributed by atoms with van der Waals surface area (Å²) < 4.78 is 0. The van der Waals surface area contributed by atoms with Gasteiger partial charge in [0.15, 0.2) is 0 Å². The molecule has 0 aliphatic carbocycles. The van der Waals surface area contributed by atoms with Gasteiger partial charge in [0.1, 0.15) is 0 Å². The zero-order valence-electron chi connectivity index (χ0n) is 11.4. The van der Waals surface area contributed by atoms with E-state index in [1.165, 1.54) is 0 Å². The van der Waals surface area contributed by atoms with Crippen LogP contribution < -0.4 is 10.6 Å². The van der Waals surface area contributed by atoms with Gasteiger partial charge in [-0.3, -0.25) is 4.79 Å². The van der Waals surface area contributed by atoms with Gasteiger partial charge in [-0.05, 0) is 51.5 Å². The van der Waals surface area contributed by atoms with Gasteiger partial charge in [0, 0.05) is 29.2 Å². The summed E-state index contributed by atoms with van der Waals surface area (Å²) in [6.45, 7) is 8.53. The molecule has 1 rings (SSSR count). The van der Waals surface area contributed by atoms with Crippen LogP contribution in [0.15, 0.2) is 18.2 Å². The molecule has 0 radical (unpaired) electrons. The summed E-state index contributed by atoms with van der Waals surface area (Å²) in [6.07, 6.45) is 0.458. The Kier molecular flexibility index (Phi) is 5.03. The molecular weight excluding hydrogens is 248 g/mol. The fraction of sp³-hybridized carbons (Fsp3) is 0.500. The van der Waals surface area contributed by atoms with E-state index in [1.807, 2.05) is 45.9 Å². The Morgan fingerprint density at radius 3 is 2.56 bits per heavy atom. The molecule has 4 heteroatoms. The maximum Gasteiger partial charge on any atom is 0.222 e. The standard InChI is InChI=1S/C14H21ClN2O/c1-10-9-11(15)5-6-12(10)16-8-7-13(18)17-14(2,3)4/h5-6,9,16H,7-8H2,1-4H3,(H,17,18). The second-order valence-electron chi connectivity index (χ2n) is 5.43. The van der Waals surface area contributed by atoms with Gasteiger partial charge in [-0.15, -0.1) is 0 Å². The molecule has 1 amide bonds. The van der Waals surface area contributed by atoms with Crippen LogP contribution in [0.3, 0.4) is 0 Å². The van der Waals surface area contributed by atoms with Crippen LogP contribution in [0, 0.1) is 6.92 Å². The minimum atomic E-state index is -0.173. The molecule has 0 unspecified atom stereocenters. The molecule has 100 valence electrons. The highest BCUT2D eigenvalue weighted by Crippen LogP contribution is 2.19. The maximum absolute atomic E-state index is 11.6. The highest BCUT2D eigenvalue weighted by Gasteiger charge is 2.12. The molecule has 0 aliphatic heterocycles. The average molecular weight is 269 g/mol. The number of amides is 1. The van der Waals surface area contributed by atoms with Crippen LogP contribution in [0.1, 0.15) is 32.8 Å². The monoisotopic (exact) mass is 268 g/mol. The lowest BCUT2D eigenvalue weighted by molar-refractivity contribution is -0.122. The molecule has 0 spiro atoms. The first-order valence-electron chi connectivity index (χ1n) is 6.09. The van der Waals surface area contributed by atoms with E-state index in [9.17, 15) is 4.79 Å². The molecule has 0 saturated carbocycles. The first-order valence-corrected chi connectivity index (χ1v) is 6.47. The summed E-state index contributed by atoms with van der Waals surface area (Å²) in [7, 11) is 0. The Morgan fingerprint density at radius 1 is 1.33 bits per heavy atom. The van der Waals surface area contributed by atoms with E-state index in [0.717, 1.165) is 16.3 Å². The highest BCUT2D eigenvalue weighted by atomic mass is 35.5. The third kappa shape index (κ3) is 5.41. The van der Waals surface area contributed by atoms with Crippen molar-refractivity contribution in [2.75, 3.05) is 11.9 Å². The Bertz CT molecular complexity index is 424. The van der Waals surface area contributed by atoms with Gasteiger partial charge >= 0.3 is 0 Å². The number of halogens is 1. The molecule has 1 aromatic rings. The summed E-state index contributed by atoms with van der Waals surface area (Å²) in [5.74, 6) is 0.0571. The molecule has 0 saturated heterocycles. The Balaban J connectivity index is 2.40. The summed E-state index contributed by atoms with van der Waals surface area (Å²) in [6, 6.07) is 5.67. The van der Waals surface area contributed by atoms with Crippen LogP contribution in [0.25, 0.3) is 0 Å². The van der Waals surface area contributed by atoms with Crippen LogP contribution in [-0.2, 0) is 4.79 Å². The number of carbonyl (C=O) groups excluding carboxylic acids is 1. The van der Waals surface area contributed by atoms with E-state index in [1.54, 1.807) is 0 Å². The van der Waals surface area contributed by atoms with Gasteiger partial charge in [0.25, 0.3) is 0 Å². The molecule has 1 aromatic carbocycles. The predicted octanol–water partition coefficient (Wildman–Crippen LogP) is 3.37. The summed E-state index contributed by atoms with van der Waals surface area (Å²) in [5, 5.41) is 6.89. The van der Waals surface area contributed by atoms with Crippen molar-refractivity contribution in [2.24, 2.45) is 0 Å².